The van der Waals surface area contributed by atoms with Crippen molar-refractivity contribution in [3.63, 3.8) is 0 Å². The second-order valence-corrected chi connectivity index (χ2v) is 6.59. The van der Waals surface area contributed by atoms with E-state index in [0.29, 0.717) is 6.04 Å². The lowest BCUT2D eigenvalue weighted by Gasteiger charge is -2.34. The first kappa shape index (κ1) is 14.0. The molecule has 0 aromatic carbocycles. The summed E-state index contributed by atoms with van der Waals surface area (Å²) in [5.74, 6) is 0. The van der Waals surface area contributed by atoms with Gasteiger partial charge in [-0.3, -0.25) is 0 Å². The van der Waals surface area contributed by atoms with Gasteiger partial charge in [0.25, 0.3) is 0 Å². The van der Waals surface area contributed by atoms with Crippen molar-refractivity contribution in [2.75, 3.05) is 33.4 Å². The predicted molar refractivity (Wildman–Crippen MR) is 77.0 cm³/mol. The quantitative estimate of drug-likeness (QED) is 0.857. The zero-order valence-electron chi connectivity index (χ0n) is 11.4. The second kappa shape index (κ2) is 6.15. The minimum Gasteiger partial charge on any atom is -0.381 e. The molecule has 2 unspecified atom stereocenters. The lowest BCUT2D eigenvalue weighted by Crippen LogP contribution is -2.45. The molecule has 1 aromatic heterocycles. The van der Waals surface area contributed by atoms with Crippen LogP contribution >= 0.6 is 11.3 Å². The van der Waals surface area contributed by atoms with Gasteiger partial charge in [-0.15, -0.1) is 11.3 Å². The summed E-state index contributed by atoms with van der Waals surface area (Å²) in [4.78, 5) is 3.89. The third-order valence-electron chi connectivity index (χ3n) is 4.03. The van der Waals surface area contributed by atoms with Gasteiger partial charge >= 0.3 is 0 Å². The van der Waals surface area contributed by atoms with E-state index < -0.39 is 0 Å². The van der Waals surface area contributed by atoms with Crippen molar-refractivity contribution in [3.8, 4) is 0 Å². The first-order valence-corrected chi connectivity index (χ1v) is 7.54. The maximum absolute atomic E-state index is 5.95. The Morgan fingerprint density at radius 3 is 3.00 bits per heavy atom. The molecule has 1 saturated heterocycles. The number of thiophene rings is 1. The molecule has 2 N–H and O–H groups in total. The van der Waals surface area contributed by atoms with Crippen LogP contribution in [0.3, 0.4) is 0 Å². The van der Waals surface area contributed by atoms with Crippen LogP contribution in [0.2, 0.25) is 0 Å². The molecule has 1 fully saturated rings. The van der Waals surface area contributed by atoms with Gasteiger partial charge in [-0.25, -0.2) is 0 Å². The highest BCUT2D eigenvalue weighted by Gasteiger charge is 2.35. The van der Waals surface area contributed by atoms with Crippen molar-refractivity contribution in [3.05, 3.63) is 22.4 Å². The van der Waals surface area contributed by atoms with Gasteiger partial charge < -0.3 is 15.4 Å². The summed E-state index contributed by atoms with van der Waals surface area (Å²) in [6.45, 7) is 5.74. The van der Waals surface area contributed by atoms with Crippen LogP contribution in [0.15, 0.2) is 17.5 Å². The van der Waals surface area contributed by atoms with Crippen LogP contribution < -0.4 is 5.73 Å². The zero-order chi connectivity index (χ0) is 13.0. The Balaban J connectivity index is 1.88. The van der Waals surface area contributed by atoms with E-state index in [9.17, 15) is 0 Å². The molecule has 0 saturated carbocycles. The molecule has 2 rings (SSSR count). The molecule has 2 atom stereocenters. The summed E-state index contributed by atoms with van der Waals surface area (Å²) in [5, 5.41) is 2.15. The molecule has 0 radical (unpaired) electrons. The van der Waals surface area contributed by atoms with Gasteiger partial charge in [-0.2, -0.15) is 0 Å². The van der Waals surface area contributed by atoms with Gasteiger partial charge in [0, 0.05) is 36.0 Å². The maximum atomic E-state index is 5.95. The Bertz CT molecular complexity index is 347. The van der Waals surface area contributed by atoms with Gasteiger partial charge in [0.15, 0.2) is 0 Å². The Kier molecular flexibility index (Phi) is 4.78. The minimum atomic E-state index is 0.179. The average molecular weight is 268 g/mol. The van der Waals surface area contributed by atoms with Crippen molar-refractivity contribution in [2.45, 2.75) is 25.8 Å². The SMILES string of the molecule is CC(Cc1cccs1)N(C)CC1(CN)CCOC1. The van der Waals surface area contributed by atoms with E-state index in [4.69, 9.17) is 10.5 Å². The van der Waals surface area contributed by atoms with Crippen molar-refractivity contribution in [1.82, 2.24) is 4.90 Å². The molecule has 1 aliphatic heterocycles. The molecule has 0 aliphatic carbocycles. The molecule has 3 nitrogen and oxygen atoms in total. The lowest BCUT2D eigenvalue weighted by atomic mass is 9.86. The highest BCUT2D eigenvalue weighted by molar-refractivity contribution is 7.09. The maximum Gasteiger partial charge on any atom is 0.0547 e. The second-order valence-electron chi connectivity index (χ2n) is 5.55. The van der Waals surface area contributed by atoms with E-state index in [1.807, 2.05) is 11.3 Å². The summed E-state index contributed by atoms with van der Waals surface area (Å²) >= 11 is 1.84. The van der Waals surface area contributed by atoms with Crippen LogP contribution in [-0.2, 0) is 11.2 Å². The van der Waals surface area contributed by atoms with Gasteiger partial charge in [-0.1, -0.05) is 6.07 Å². The number of rotatable bonds is 6. The molecule has 0 amide bonds. The first-order valence-electron chi connectivity index (χ1n) is 6.66. The largest absolute Gasteiger partial charge is 0.381 e. The van der Waals surface area contributed by atoms with E-state index in [2.05, 4.69) is 36.4 Å². The van der Waals surface area contributed by atoms with Crippen molar-refractivity contribution < 1.29 is 4.74 Å². The highest BCUT2D eigenvalue weighted by Crippen LogP contribution is 2.29. The number of hydrogen-bond acceptors (Lipinski definition) is 4. The monoisotopic (exact) mass is 268 g/mol. The van der Waals surface area contributed by atoms with Crippen molar-refractivity contribution >= 4 is 11.3 Å². The molecule has 1 aromatic rings. The number of nitrogens with zero attached hydrogens (tertiary/aromatic N) is 1. The van der Waals surface area contributed by atoms with Crippen molar-refractivity contribution in [1.29, 1.82) is 0 Å². The number of nitrogens with two attached hydrogens (primary N) is 1. The first-order chi connectivity index (χ1) is 8.65. The van der Waals surface area contributed by atoms with Crippen molar-refractivity contribution in [2.24, 2.45) is 11.1 Å². The Morgan fingerprint density at radius 1 is 1.61 bits per heavy atom. The fraction of sp³-hybridized carbons (Fsp3) is 0.714. The summed E-state index contributed by atoms with van der Waals surface area (Å²) < 4.78 is 5.53. The smallest absolute Gasteiger partial charge is 0.0547 e. The highest BCUT2D eigenvalue weighted by atomic mass is 32.1. The predicted octanol–water partition coefficient (Wildman–Crippen LogP) is 1.98. The molecule has 0 bridgehead atoms. The van der Waals surface area contributed by atoms with Gasteiger partial charge in [0.2, 0.25) is 0 Å². The average Bonchev–Trinajstić information content (AvgIpc) is 3.01. The van der Waals surface area contributed by atoms with Gasteiger partial charge in [0.1, 0.15) is 0 Å². The van der Waals surface area contributed by atoms with E-state index in [1.54, 1.807) is 0 Å². The Labute approximate surface area is 114 Å². The summed E-state index contributed by atoms with van der Waals surface area (Å²) in [5.41, 5.74) is 6.13. The van der Waals surface area contributed by atoms with E-state index in [1.165, 1.54) is 4.88 Å². The fourth-order valence-corrected chi connectivity index (χ4v) is 3.39. The summed E-state index contributed by atoms with van der Waals surface area (Å²) in [6.07, 6.45) is 2.22. The molecule has 2 heterocycles. The number of hydrogen-bond donors (Lipinski definition) is 1. The molecule has 4 heteroatoms. The third-order valence-corrected chi connectivity index (χ3v) is 4.93. The molecule has 0 spiro atoms. The van der Waals surface area contributed by atoms with Gasteiger partial charge in [-0.05, 0) is 38.3 Å². The third kappa shape index (κ3) is 3.32. The van der Waals surface area contributed by atoms with Crippen LogP contribution in [0.5, 0.6) is 0 Å². The Hall–Kier alpha value is -0.420. The molecular weight excluding hydrogens is 244 g/mol. The van der Waals surface area contributed by atoms with Gasteiger partial charge in [0.05, 0.1) is 6.61 Å². The number of ether oxygens (including phenoxy) is 1. The van der Waals surface area contributed by atoms with Crippen LogP contribution in [0.1, 0.15) is 18.2 Å². The lowest BCUT2D eigenvalue weighted by molar-refractivity contribution is 0.110. The van der Waals surface area contributed by atoms with E-state index >= 15 is 0 Å². The normalized spacial score (nSPS) is 25.8. The summed E-state index contributed by atoms with van der Waals surface area (Å²) in [6, 6.07) is 4.89. The zero-order valence-corrected chi connectivity index (χ0v) is 12.2. The van der Waals surface area contributed by atoms with Crippen LogP contribution in [0, 0.1) is 5.41 Å². The number of likely N-dealkylation sites (N-methyl/N-ethyl adjacent to an activating group) is 1. The van der Waals surface area contributed by atoms with E-state index in [0.717, 1.165) is 39.1 Å². The summed E-state index contributed by atoms with van der Waals surface area (Å²) in [7, 11) is 2.20. The topological polar surface area (TPSA) is 38.5 Å². The Morgan fingerprint density at radius 2 is 2.44 bits per heavy atom. The molecule has 1 aliphatic rings. The van der Waals surface area contributed by atoms with E-state index in [-0.39, 0.29) is 5.41 Å². The molecule has 18 heavy (non-hydrogen) atoms. The standard InChI is InChI=1S/C14H24N2OS/c1-12(8-13-4-3-7-18-13)16(2)10-14(9-15)5-6-17-11-14/h3-4,7,12H,5-6,8-11,15H2,1-2H3. The minimum absolute atomic E-state index is 0.179. The molecule has 102 valence electrons. The van der Waals surface area contributed by atoms with Crippen LogP contribution in [0.25, 0.3) is 0 Å². The van der Waals surface area contributed by atoms with Crippen LogP contribution in [-0.4, -0.2) is 44.3 Å². The fourth-order valence-electron chi connectivity index (χ4n) is 2.56. The van der Waals surface area contributed by atoms with Crippen LogP contribution in [0.4, 0.5) is 0 Å². The molecular formula is C14H24N2OS.